The maximum Gasteiger partial charge on any atom is 0.261 e. The first-order valence-electron chi connectivity index (χ1n) is 10.9. The Labute approximate surface area is 209 Å². The molecule has 2 amide bonds. The molecule has 2 heterocycles. The maximum absolute atomic E-state index is 14.7. The number of aliphatic hydroxyl groups is 1. The lowest BCUT2D eigenvalue weighted by atomic mass is 10.1. The minimum absolute atomic E-state index is 0.0173. The first-order valence-corrected chi connectivity index (χ1v) is 12.1. The fraction of sp³-hybridized carbons (Fsp3) is 0.292. The zero-order chi connectivity index (χ0) is 24.9. The highest BCUT2D eigenvalue weighted by atomic mass is 35.5. The Morgan fingerprint density at radius 2 is 2.03 bits per heavy atom. The molecule has 0 bridgehead atoms. The van der Waals surface area contributed by atoms with Crippen LogP contribution < -0.4 is 16.2 Å². The van der Waals surface area contributed by atoms with Gasteiger partial charge in [0.1, 0.15) is 5.82 Å². The van der Waals surface area contributed by atoms with Crippen molar-refractivity contribution in [1.82, 2.24) is 9.88 Å². The number of hydrogen-bond acceptors (Lipinski definition) is 6. The maximum atomic E-state index is 14.7. The highest BCUT2D eigenvalue weighted by Gasteiger charge is 2.39. The number of ether oxygens (including phenoxy) is 1. The van der Waals surface area contributed by atoms with Crippen LogP contribution in [0.15, 0.2) is 59.5 Å². The van der Waals surface area contributed by atoms with Crippen LogP contribution in [-0.4, -0.2) is 46.8 Å². The molecular formula is C24H23ClFN3O5S. The van der Waals surface area contributed by atoms with Crippen LogP contribution in [-0.2, 0) is 9.53 Å². The Hall–Kier alpha value is -3.05. The van der Waals surface area contributed by atoms with Gasteiger partial charge in [-0.1, -0.05) is 17.7 Å². The number of benzene rings is 1. The van der Waals surface area contributed by atoms with Crippen LogP contribution >= 0.6 is 22.9 Å². The van der Waals surface area contributed by atoms with E-state index in [0.717, 1.165) is 11.3 Å². The lowest BCUT2D eigenvalue weighted by Gasteiger charge is -2.20. The van der Waals surface area contributed by atoms with Gasteiger partial charge in [-0.3, -0.25) is 19.0 Å². The second kappa shape index (κ2) is 11.1. The highest BCUT2D eigenvalue weighted by molar-refractivity contribution is 7.18. The smallest absolute Gasteiger partial charge is 0.261 e. The van der Waals surface area contributed by atoms with Gasteiger partial charge in [-0.15, -0.1) is 11.3 Å². The minimum Gasteiger partial charge on any atom is -0.394 e. The fourth-order valence-corrected chi connectivity index (χ4v) is 5.01. The average molecular weight is 520 g/mol. The number of amides is 2. The number of rotatable bonds is 8. The number of aromatic nitrogens is 1. The number of thiophene rings is 1. The van der Waals surface area contributed by atoms with Crippen LogP contribution in [0.25, 0.3) is 5.69 Å². The normalized spacial score (nSPS) is 19.5. The van der Waals surface area contributed by atoms with Gasteiger partial charge in [0.2, 0.25) is 5.91 Å². The van der Waals surface area contributed by atoms with Gasteiger partial charge in [-0.2, -0.15) is 0 Å². The molecule has 3 atom stereocenters. The zero-order valence-corrected chi connectivity index (χ0v) is 20.0. The van der Waals surface area contributed by atoms with E-state index in [1.54, 1.807) is 24.3 Å². The molecule has 0 saturated heterocycles. The average Bonchev–Trinajstić information content (AvgIpc) is 3.45. The van der Waals surface area contributed by atoms with Gasteiger partial charge < -0.3 is 20.5 Å². The number of anilines is 1. The summed E-state index contributed by atoms with van der Waals surface area (Å²) < 4.78 is 22.2. The summed E-state index contributed by atoms with van der Waals surface area (Å²) in [6.45, 7) is -0.137. The first kappa shape index (κ1) is 25.1. The van der Waals surface area contributed by atoms with Crippen molar-refractivity contribution in [1.29, 1.82) is 0 Å². The number of carbonyl (C=O) groups is 2. The van der Waals surface area contributed by atoms with Gasteiger partial charge in [0.15, 0.2) is 0 Å². The van der Waals surface area contributed by atoms with Crippen LogP contribution in [0.3, 0.4) is 0 Å². The number of nitrogens with one attached hydrogen (secondary N) is 2. The van der Waals surface area contributed by atoms with Crippen molar-refractivity contribution in [3.05, 3.63) is 80.1 Å². The van der Waals surface area contributed by atoms with E-state index < -0.39 is 29.8 Å². The molecule has 2 aromatic heterocycles. The summed E-state index contributed by atoms with van der Waals surface area (Å²) in [6, 6.07) is 11.5. The molecule has 1 aromatic carbocycles. The van der Waals surface area contributed by atoms with E-state index in [2.05, 4.69) is 10.6 Å². The van der Waals surface area contributed by atoms with Gasteiger partial charge in [0, 0.05) is 24.2 Å². The van der Waals surface area contributed by atoms with Crippen molar-refractivity contribution in [2.75, 3.05) is 18.5 Å². The van der Waals surface area contributed by atoms with Crippen LogP contribution in [0.4, 0.5) is 10.1 Å². The third kappa shape index (κ3) is 5.96. The largest absolute Gasteiger partial charge is 0.394 e. The molecule has 1 saturated carbocycles. The van der Waals surface area contributed by atoms with Crippen LogP contribution in [0.1, 0.15) is 22.5 Å². The Balaban J connectivity index is 1.44. The molecule has 0 aliphatic heterocycles. The highest BCUT2D eigenvalue weighted by Crippen LogP contribution is 2.31. The topological polar surface area (TPSA) is 110 Å². The van der Waals surface area contributed by atoms with Gasteiger partial charge in [-0.05, 0) is 43.2 Å². The van der Waals surface area contributed by atoms with Gasteiger partial charge in [-0.25, -0.2) is 4.39 Å². The van der Waals surface area contributed by atoms with E-state index in [1.165, 1.54) is 35.0 Å². The van der Waals surface area contributed by atoms with Crippen molar-refractivity contribution in [3.8, 4) is 5.69 Å². The number of aliphatic hydroxyl groups excluding tert-OH is 1. The van der Waals surface area contributed by atoms with Crippen molar-refractivity contribution < 1.29 is 23.8 Å². The third-order valence-corrected chi connectivity index (χ3v) is 6.95. The molecular weight excluding hydrogens is 497 g/mol. The Morgan fingerprint density at radius 1 is 1.20 bits per heavy atom. The number of hydrogen-bond donors (Lipinski definition) is 3. The Bertz CT molecular complexity index is 1280. The molecule has 0 spiro atoms. The monoisotopic (exact) mass is 519 g/mol. The molecule has 1 aliphatic carbocycles. The zero-order valence-electron chi connectivity index (χ0n) is 18.4. The molecule has 3 aromatic rings. The minimum atomic E-state index is -0.683. The molecule has 1 aliphatic rings. The van der Waals surface area contributed by atoms with Gasteiger partial charge in [0.25, 0.3) is 11.5 Å². The second-order valence-electron chi connectivity index (χ2n) is 8.05. The second-order valence-corrected chi connectivity index (χ2v) is 9.76. The van der Waals surface area contributed by atoms with E-state index in [4.69, 9.17) is 21.4 Å². The summed E-state index contributed by atoms with van der Waals surface area (Å²) in [4.78, 5) is 37.9. The predicted molar refractivity (Wildman–Crippen MR) is 131 cm³/mol. The van der Waals surface area contributed by atoms with Crippen molar-refractivity contribution in [2.24, 2.45) is 5.92 Å². The number of nitrogens with zero attached hydrogens (tertiary/aromatic N) is 1. The summed E-state index contributed by atoms with van der Waals surface area (Å²) in [5.41, 5.74) is 0.0126. The first-order chi connectivity index (χ1) is 16.9. The number of carbonyl (C=O) groups excluding carboxylic acids is 2. The van der Waals surface area contributed by atoms with Crippen LogP contribution in [0.5, 0.6) is 0 Å². The van der Waals surface area contributed by atoms with Gasteiger partial charge >= 0.3 is 0 Å². The van der Waals surface area contributed by atoms with E-state index in [0.29, 0.717) is 21.3 Å². The van der Waals surface area contributed by atoms with Crippen molar-refractivity contribution in [2.45, 2.75) is 25.0 Å². The number of halogens is 2. The van der Waals surface area contributed by atoms with E-state index in [-0.39, 0.29) is 36.8 Å². The fourth-order valence-electron chi connectivity index (χ4n) is 4.06. The molecule has 3 N–H and O–H groups in total. The summed E-state index contributed by atoms with van der Waals surface area (Å²) in [5, 5.41) is 14.6. The van der Waals surface area contributed by atoms with Crippen molar-refractivity contribution >= 4 is 40.4 Å². The molecule has 0 radical (unpaired) electrons. The summed E-state index contributed by atoms with van der Waals surface area (Å²) in [7, 11) is 0. The predicted octanol–water partition coefficient (Wildman–Crippen LogP) is 3.22. The summed E-state index contributed by atoms with van der Waals surface area (Å²) in [5.74, 6) is -1.98. The van der Waals surface area contributed by atoms with Gasteiger partial charge in [0.05, 0.1) is 45.9 Å². The van der Waals surface area contributed by atoms with E-state index >= 15 is 0 Å². The molecule has 8 nitrogen and oxygen atoms in total. The molecule has 11 heteroatoms. The Morgan fingerprint density at radius 3 is 2.71 bits per heavy atom. The van der Waals surface area contributed by atoms with Crippen molar-refractivity contribution in [3.63, 3.8) is 0 Å². The van der Waals surface area contributed by atoms with Crippen LogP contribution in [0, 0.1) is 11.7 Å². The lowest BCUT2D eigenvalue weighted by molar-refractivity contribution is -0.120. The lowest BCUT2D eigenvalue weighted by Crippen LogP contribution is -2.41. The third-order valence-electron chi connectivity index (χ3n) is 5.72. The van der Waals surface area contributed by atoms with Crippen LogP contribution in [0.2, 0.25) is 4.34 Å². The van der Waals surface area contributed by atoms with E-state index in [1.807, 2.05) is 0 Å². The standard InChI is InChI=1S/C24H23ClFN3O5S/c25-21-7-6-20(35-21)24(33)28-18-11-14(12-19(18)34-10-9-30)23(32)27-17-5-4-15(13-16(17)26)29-8-2-1-3-22(29)31/h1-8,13-14,18-19,30H,9-12H2,(H,27,32)(H,28,33)/t14-,18-,19-/m0/s1. The SMILES string of the molecule is O=C(N[C@H]1C[C@H](C(=O)Nc2ccc(-n3ccccc3=O)cc2F)C[C@@H]1OCCO)c1ccc(Cl)s1. The number of pyridine rings is 1. The Kier molecular flexibility index (Phi) is 7.97. The molecule has 35 heavy (non-hydrogen) atoms. The van der Waals surface area contributed by atoms with E-state index in [9.17, 15) is 18.8 Å². The molecule has 4 rings (SSSR count). The summed E-state index contributed by atoms with van der Waals surface area (Å²) >= 11 is 7.05. The quantitative estimate of drug-likeness (QED) is 0.423. The molecule has 1 fully saturated rings. The molecule has 184 valence electrons. The summed E-state index contributed by atoms with van der Waals surface area (Å²) in [6.07, 6.45) is 1.61. The molecule has 0 unspecified atom stereocenters.